The predicted octanol–water partition coefficient (Wildman–Crippen LogP) is 3.70. The maximum atomic E-state index is 12.4. The van der Waals surface area contributed by atoms with Crippen LogP contribution in [-0.2, 0) is 21.2 Å². The molecule has 2 rings (SSSR count). The smallest absolute Gasteiger partial charge is 0.307 e. The number of benzene rings is 1. The molecular weight excluding hydrogens is 446 g/mol. The van der Waals surface area contributed by atoms with E-state index in [0.29, 0.717) is 13.1 Å². The lowest BCUT2D eigenvalue weighted by atomic mass is 10.1. The number of thiophene rings is 1. The summed E-state index contributed by atoms with van der Waals surface area (Å²) < 4.78 is 28.3. The molecule has 0 radical (unpaired) electrons. The second-order valence-electron chi connectivity index (χ2n) is 4.02. The fourth-order valence-electron chi connectivity index (χ4n) is 1.65. The van der Waals surface area contributed by atoms with Crippen molar-refractivity contribution in [1.29, 1.82) is 0 Å². The van der Waals surface area contributed by atoms with Gasteiger partial charge in [0.2, 0.25) is 0 Å². The highest BCUT2D eigenvalue weighted by molar-refractivity contribution is 9.12. The first kappa shape index (κ1) is 16.5. The molecule has 2 N–H and O–H groups in total. The van der Waals surface area contributed by atoms with Gasteiger partial charge in [0.1, 0.15) is 4.90 Å². The molecule has 5 nitrogen and oxygen atoms in total. The lowest BCUT2D eigenvalue weighted by Crippen LogP contribution is -2.15. The van der Waals surface area contributed by atoms with Gasteiger partial charge in [-0.25, -0.2) is 8.42 Å². The van der Waals surface area contributed by atoms with Crippen LogP contribution in [0.5, 0.6) is 0 Å². The van der Waals surface area contributed by atoms with Crippen LogP contribution in [0.4, 0.5) is 5.69 Å². The van der Waals surface area contributed by atoms with E-state index < -0.39 is 16.0 Å². The average molecular weight is 455 g/mol. The van der Waals surface area contributed by atoms with Crippen LogP contribution in [0.15, 0.2) is 42.8 Å². The third-order valence-electron chi connectivity index (χ3n) is 2.52. The monoisotopic (exact) mass is 453 g/mol. The third-order valence-corrected chi connectivity index (χ3v) is 6.64. The molecule has 112 valence electrons. The summed E-state index contributed by atoms with van der Waals surface area (Å²) in [7, 11) is -3.79. The van der Waals surface area contributed by atoms with Crippen LogP contribution in [0.1, 0.15) is 5.56 Å². The number of anilines is 1. The minimum Gasteiger partial charge on any atom is -0.481 e. The minimum absolute atomic E-state index is 0.101. The molecule has 0 spiro atoms. The number of para-hydroxylation sites is 1. The van der Waals surface area contributed by atoms with E-state index in [0.717, 1.165) is 0 Å². The van der Waals surface area contributed by atoms with E-state index in [1.807, 2.05) is 0 Å². The molecular formula is C12H9Br2NO4S2. The van der Waals surface area contributed by atoms with Crippen LogP contribution < -0.4 is 4.72 Å². The summed E-state index contributed by atoms with van der Waals surface area (Å²) in [5, 5.41) is 8.86. The Morgan fingerprint density at radius 1 is 1.29 bits per heavy atom. The van der Waals surface area contributed by atoms with Crippen molar-refractivity contribution in [3.05, 3.63) is 43.5 Å². The van der Waals surface area contributed by atoms with Crippen molar-refractivity contribution in [1.82, 2.24) is 0 Å². The van der Waals surface area contributed by atoms with Crippen LogP contribution in [-0.4, -0.2) is 19.5 Å². The first-order chi connectivity index (χ1) is 9.79. The molecule has 0 bridgehead atoms. The van der Waals surface area contributed by atoms with Crippen molar-refractivity contribution in [3.63, 3.8) is 0 Å². The van der Waals surface area contributed by atoms with Crippen molar-refractivity contribution >= 4 is 64.9 Å². The highest BCUT2D eigenvalue weighted by atomic mass is 79.9. The van der Waals surface area contributed by atoms with Gasteiger partial charge >= 0.3 is 5.97 Å². The number of halogens is 2. The largest absolute Gasteiger partial charge is 0.481 e. The van der Waals surface area contributed by atoms with Crippen LogP contribution in [0, 0.1) is 0 Å². The molecule has 0 atom stereocenters. The van der Waals surface area contributed by atoms with Gasteiger partial charge in [-0.05, 0) is 49.6 Å². The molecule has 0 fully saturated rings. The quantitative estimate of drug-likeness (QED) is 0.721. The topological polar surface area (TPSA) is 83.5 Å². The third kappa shape index (κ3) is 4.06. The van der Waals surface area contributed by atoms with E-state index in [-0.39, 0.29) is 17.0 Å². The summed E-state index contributed by atoms with van der Waals surface area (Å²) in [4.78, 5) is 10.9. The number of hydrogen-bond donors (Lipinski definition) is 2. The van der Waals surface area contributed by atoms with Crippen molar-refractivity contribution in [2.75, 3.05) is 4.72 Å². The molecule has 0 aliphatic carbocycles. The first-order valence-electron chi connectivity index (χ1n) is 5.57. The average Bonchev–Trinajstić information content (AvgIpc) is 2.71. The van der Waals surface area contributed by atoms with Crippen LogP contribution in [0.2, 0.25) is 0 Å². The van der Waals surface area contributed by atoms with Gasteiger partial charge in [0.25, 0.3) is 10.0 Å². The molecule has 2 aromatic rings. The Balaban J connectivity index is 2.37. The Bertz CT molecular complexity index is 786. The van der Waals surface area contributed by atoms with E-state index in [4.69, 9.17) is 5.11 Å². The Kier molecular flexibility index (Phi) is 5.07. The second-order valence-corrected chi connectivity index (χ2v) is 9.42. The summed E-state index contributed by atoms with van der Waals surface area (Å²) in [5.41, 5.74) is 0.660. The van der Waals surface area contributed by atoms with Gasteiger partial charge < -0.3 is 5.11 Å². The molecule has 0 unspecified atom stereocenters. The van der Waals surface area contributed by atoms with Crippen LogP contribution >= 0.6 is 43.2 Å². The molecule has 21 heavy (non-hydrogen) atoms. The van der Waals surface area contributed by atoms with Crippen LogP contribution in [0.25, 0.3) is 0 Å². The predicted molar refractivity (Wildman–Crippen MR) is 88.3 cm³/mol. The number of carbonyl (C=O) groups is 1. The van der Waals surface area contributed by atoms with Gasteiger partial charge in [-0.2, -0.15) is 0 Å². The number of hydrogen-bond acceptors (Lipinski definition) is 4. The number of carboxylic acids is 1. The highest BCUT2D eigenvalue weighted by Gasteiger charge is 2.21. The molecule has 1 aromatic heterocycles. The van der Waals surface area contributed by atoms with Crippen molar-refractivity contribution in [2.24, 2.45) is 0 Å². The lowest BCUT2D eigenvalue weighted by molar-refractivity contribution is -0.136. The Hall–Kier alpha value is -0.900. The Morgan fingerprint density at radius 2 is 1.95 bits per heavy atom. The zero-order chi connectivity index (χ0) is 15.6. The molecule has 0 amide bonds. The molecule has 0 saturated carbocycles. The summed E-state index contributed by atoms with van der Waals surface area (Å²) in [6, 6.07) is 7.89. The Labute approximate surface area is 142 Å². The van der Waals surface area contributed by atoms with E-state index >= 15 is 0 Å². The maximum absolute atomic E-state index is 12.4. The fourth-order valence-corrected chi connectivity index (χ4v) is 6.56. The number of carboxylic acid groups (broad SMARTS) is 1. The molecule has 0 saturated heterocycles. The Morgan fingerprint density at radius 3 is 2.52 bits per heavy atom. The maximum Gasteiger partial charge on any atom is 0.307 e. The zero-order valence-electron chi connectivity index (χ0n) is 10.3. The summed E-state index contributed by atoms with van der Waals surface area (Å²) in [6.07, 6.45) is -0.257. The second kappa shape index (κ2) is 6.47. The number of rotatable bonds is 5. The molecule has 9 heteroatoms. The number of nitrogens with one attached hydrogen (secondary N) is 1. The minimum atomic E-state index is -3.79. The normalized spacial score (nSPS) is 11.3. The van der Waals surface area contributed by atoms with E-state index in [2.05, 4.69) is 36.6 Å². The first-order valence-corrected chi connectivity index (χ1v) is 9.45. The van der Waals surface area contributed by atoms with Crippen molar-refractivity contribution < 1.29 is 18.3 Å². The van der Waals surface area contributed by atoms with E-state index in [1.54, 1.807) is 18.2 Å². The van der Waals surface area contributed by atoms with Gasteiger partial charge in [-0.1, -0.05) is 18.2 Å². The molecule has 1 aromatic carbocycles. The molecule has 0 aliphatic rings. The van der Waals surface area contributed by atoms with Gasteiger partial charge in [-0.3, -0.25) is 9.52 Å². The number of sulfonamides is 1. The number of aliphatic carboxylic acids is 1. The van der Waals surface area contributed by atoms with Crippen molar-refractivity contribution in [2.45, 2.75) is 11.3 Å². The fraction of sp³-hybridized carbons (Fsp3) is 0.0833. The lowest BCUT2D eigenvalue weighted by Gasteiger charge is -2.11. The van der Waals surface area contributed by atoms with Gasteiger partial charge in [0, 0.05) is 0 Å². The summed E-state index contributed by atoms with van der Waals surface area (Å²) in [6.45, 7) is 0. The van der Waals surface area contributed by atoms with E-state index in [1.165, 1.54) is 23.5 Å². The standard InChI is InChI=1S/C12H9Br2NO4S2/c13-10-6-9(12(14)20-10)21(18,19)15-8-4-2-1-3-7(8)5-11(16)17/h1-4,6,15H,5H2,(H,16,17). The summed E-state index contributed by atoms with van der Waals surface area (Å²) >= 11 is 7.67. The molecule has 1 heterocycles. The van der Waals surface area contributed by atoms with Gasteiger partial charge in [0.15, 0.2) is 0 Å². The molecule has 0 aliphatic heterocycles. The van der Waals surface area contributed by atoms with Crippen molar-refractivity contribution in [3.8, 4) is 0 Å². The SMILES string of the molecule is O=C(O)Cc1ccccc1NS(=O)(=O)c1cc(Br)sc1Br. The van der Waals surface area contributed by atoms with Gasteiger partial charge in [-0.15, -0.1) is 11.3 Å². The highest BCUT2D eigenvalue weighted by Crippen LogP contribution is 2.35. The van der Waals surface area contributed by atoms with Crippen LogP contribution in [0.3, 0.4) is 0 Å². The van der Waals surface area contributed by atoms with Gasteiger partial charge in [0.05, 0.1) is 19.7 Å². The zero-order valence-corrected chi connectivity index (χ0v) is 15.1. The van der Waals surface area contributed by atoms with E-state index in [9.17, 15) is 13.2 Å². The summed E-state index contributed by atoms with van der Waals surface area (Å²) in [5.74, 6) is -1.03.